The zero-order valence-corrected chi connectivity index (χ0v) is 12.7. The fourth-order valence-corrected chi connectivity index (χ4v) is 1.09. The summed E-state index contributed by atoms with van der Waals surface area (Å²) >= 11 is 0. The summed E-state index contributed by atoms with van der Waals surface area (Å²) < 4.78 is 0. The molecule has 0 aliphatic carbocycles. The molecule has 0 bridgehead atoms. The molecule has 126 valence electrons. The maximum Gasteiger partial charge on any atom is 0.254 e. The highest BCUT2D eigenvalue weighted by atomic mass is 31.2. The van der Waals surface area contributed by atoms with Crippen molar-refractivity contribution in [3.63, 3.8) is 0 Å². The third-order valence-electron chi connectivity index (χ3n) is 1.98. The number of carbonyl (C=O) groups is 2. The topological polar surface area (TPSA) is 212 Å². The van der Waals surface area contributed by atoms with Gasteiger partial charge in [-0.05, 0) is 12.1 Å². The zero-order valence-electron chi connectivity index (χ0n) is 11.8. The van der Waals surface area contributed by atoms with Gasteiger partial charge in [-0.3, -0.25) is 9.59 Å². The number of hydrogen-bond acceptors (Lipinski definition) is 5. The van der Waals surface area contributed by atoms with Crippen molar-refractivity contribution in [3.8, 4) is 0 Å². The average molecular weight is 344 g/mol. The van der Waals surface area contributed by atoms with E-state index in [9.17, 15) is 9.59 Å². The lowest BCUT2D eigenvalue weighted by Gasteiger charge is -2.19. The second kappa shape index (κ2) is 13.2. The Morgan fingerprint density at radius 1 is 0.957 bits per heavy atom. The summed E-state index contributed by atoms with van der Waals surface area (Å²) in [6.07, 6.45) is 6.55. The molecule has 11 heteroatoms. The first-order chi connectivity index (χ1) is 10.3. The van der Waals surface area contributed by atoms with E-state index in [4.69, 9.17) is 26.1 Å². The molecule has 0 unspecified atom stereocenters. The zero-order chi connectivity index (χ0) is 17.0. The van der Waals surface area contributed by atoms with E-state index in [2.05, 4.69) is 9.97 Å². The largest absolute Gasteiger partial charge is 0.820 e. The summed E-state index contributed by atoms with van der Waals surface area (Å²) in [6, 6.07) is 6.75. The average Bonchev–Trinajstić information content (AvgIpc) is 2.49. The maximum absolute atomic E-state index is 10.4. The number of aromatic nitrogens is 2. The highest BCUT2D eigenvalue weighted by molar-refractivity contribution is 7.35. The standard InChI is InChI=1S/2C6H6N2O.HO3P.H2O/c2*7-6(9)5-2-1-3-8-4-5;1-4(2)3;/h2*1-4H,(H2,7,9);1H;1H2/q;;-2;/p+2. The second-order valence-electron chi connectivity index (χ2n) is 3.55. The number of rotatable bonds is 2. The van der Waals surface area contributed by atoms with Gasteiger partial charge < -0.3 is 31.6 Å². The van der Waals surface area contributed by atoms with Gasteiger partial charge in [-0.25, -0.2) is 9.97 Å². The molecule has 2 rings (SSSR count). The van der Waals surface area contributed by atoms with E-state index in [0.29, 0.717) is 11.1 Å². The van der Waals surface area contributed by atoms with Gasteiger partial charge in [-0.15, -0.1) is 0 Å². The van der Waals surface area contributed by atoms with Crippen LogP contribution in [-0.2, 0) is 0 Å². The van der Waals surface area contributed by atoms with Crippen LogP contribution in [-0.4, -0.2) is 22.2 Å². The monoisotopic (exact) mass is 344 g/mol. The van der Waals surface area contributed by atoms with Crippen LogP contribution in [0.4, 0.5) is 0 Å². The molecule has 2 aromatic heterocycles. The summed E-state index contributed by atoms with van der Waals surface area (Å²) in [5.74, 6) is -0.821. The molecule has 0 saturated carbocycles. The molecule has 0 aromatic carbocycles. The molecule has 0 aliphatic rings. The van der Waals surface area contributed by atoms with Gasteiger partial charge >= 0.3 is 0 Å². The first-order valence-corrected chi connectivity index (χ1v) is 6.82. The maximum atomic E-state index is 10.4. The van der Waals surface area contributed by atoms with Crippen molar-refractivity contribution in [2.45, 2.75) is 0 Å². The van der Waals surface area contributed by atoms with Gasteiger partial charge in [-0.1, -0.05) is 0 Å². The number of pyridine rings is 2. The van der Waals surface area contributed by atoms with E-state index in [-0.39, 0.29) is 5.48 Å². The molecule has 9 N–H and O–H groups in total. The molecule has 2 aromatic rings. The van der Waals surface area contributed by atoms with Gasteiger partial charge in [-0.2, -0.15) is 8.60 Å². The third-order valence-corrected chi connectivity index (χ3v) is 1.98. The van der Waals surface area contributed by atoms with Crippen molar-refractivity contribution in [2.24, 2.45) is 11.5 Å². The third kappa shape index (κ3) is 12.9. The molecular weight excluding hydrogens is 327 g/mol. The predicted molar refractivity (Wildman–Crippen MR) is 75.8 cm³/mol. The molecule has 0 fully saturated rings. The molecule has 0 spiro atoms. The number of nitrogens with two attached hydrogens (primary N) is 2. The first kappa shape index (κ1) is 22.8. The van der Waals surface area contributed by atoms with Crippen molar-refractivity contribution in [3.05, 3.63) is 60.2 Å². The van der Waals surface area contributed by atoms with Gasteiger partial charge in [0.15, 0.2) is 24.8 Å². The number of primary amides is 2. The number of amides is 2. The molecule has 2 heterocycles. The van der Waals surface area contributed by atoms with Crippen molar-refractivity contribution >= 4 is 20.4 Å². The summed E-state index contributed by atoms with van der Waals surface area (Å²) in [6.45, 7) is 0. The Balaban J connectivity index is 0. The molecular formula is C12H17N4O6P. The number of aromatic amines is 2. The minimum Gasteiger partial charge on any atom is -0.820 e. The fourth-order valence-electron chi connectivity index (χ4n) is 1.09. The Labute approximate surface area is 132 Å². The van der Waals surface area contributed by atoms with Crippen LogP contribution in [0.25, 0.3) is 0 Å². The molecule has 0 aliphatic heterocycles. The molecule has 0 atom stereocenters. The van der Waals surface area contributed by atoms with Crippen LogP contribution >= 0.6 is 8.60 Å². The van der Waals surface area contributed by atoms with Crippen LogP contribution in [0.2, 0.25) is 0 Å². The van der Waals surface area contributed by atoms with E-state index < -0.39 is 20.4 Å². The minimum atomic E-state index is -3.12. The lowest BCUT2D eigenvalue weighted by Crippen LogP contribution is -2.14. The van der Waals surface area contributed by atoms with E-state index in [1.54, 1.807) is 49.1 Å². The highest BCUT2D eigenvalue weighted by Crippen LogP contribution is 1.95. The Morgan fingerprint density at radius 2 is 1.26 bits per heavy atom. The lowest BCUT2D eigenvalue weighted by molar-refractivity contribution is -0.378. The van der Waals surface area contributed by atoms with E-state index in [1.807, 2.05) is 0 Å². The van der Waals surface area contributed by atoms with Crippen LogP contribution in [0.15, 0.2) is 49.1 Å². The van der Waals surface area contributed by atoms with Crippen LogP contribution in [0.5, 0.6) is 0 Å². The summed E-state index contributed by atoms with van der Waals surface area (Å²) in [7, 11) is -3.12. The summed E-state index contributed by atoms with van der Waals surface area (Å²) in [5, 5.41) is 0. The number of nitrogens with one attached hydrogen (secondary N) is 2. The van der Waals surface area contributed by atoms with Crippen molar-refractivity contribution in [1.82, 2.24) is 0 Å². The molecule has 10 nitrogen and oxygen atoms in total. The predicted octanol–water partition coefficient (Wildman–Crippen LogP) is -3.70. The van der Waals surface area contributed by atoms with Crippen molar-refractivity contribution in [2.75, 3.05) is 0 Å². The van der Waals surface area contributed by atoms with Crippen LogP contribution < -0.4 is 31.2 Å². The van der Waals surface area contributed by atoms with Crippen LogP contribution in [0, 0.1) is 0 Å². The molecule has 23 heavy (non-hydrogen) atoms. The molecule has 0 saturated heterocycles. The Morgan fingerprint density at radius 3 is 1.39 bits per heavy atom. The fraction of sp³-hybridized carbons (Fsp3) is 0. The SMILES string of the molecule is NC(=O)c1ccc[nH+]c1.NC(=O)c1ccc[nH+]c1.O.[O-]P([O-])O. The van der Waals surface area contributed by atoms with E-state index in [1.165, 1.54) is 0 Å². The quantitative estimate of drug-likeness (QED) is 0.468. The van der Waals surface area contributed by atoms with E-state index >= 15 is 0 Å². The van der Waals surface area contributed by atoms with Gasteiger partial charge in [0.1, 0.15) is 11.1 Å². The Kier molecular flexibility index (Phi) is 13.1. The number of H-pyrrole nitrogens is 2. The lowest BCUT2D eigenvalue weighted by atomic mass is 10.3. The molecule has 2 amide bonds. The van der Waals surface area contributed by atoms with Crippen LogP contribution in [0.1, 0.15) is 20.7 Å². The summed E-state index contributed by atoms with van der Waals surface area (Å²) in [5.41, 5.74) is 10.9. The minimum absolute atomic E-state index is 0. The number of hydrogen-bond donors (Lipinski definition) is 3. The first-order valence-electron chi connectivity index (χ1n) is 5.69. The normalized spacial score (nSPS) is 8.52. The van der Waals surface area contributed by atoms with Gasteiger partial charge in [0, 0.05) is 12.1 Å². The Bertz CT molecular complexity index is 518. The number of carbonyl (C=O) groups excluding carboxylic acids is 2. The second-order valence-corrected chi connectivity index (χ2v) is 4.03. The van der Waals surface area contributed by atoms with Gasteiger partial charge in [0.2, 0.25) is 0 Å². The van der Waals surface area contributed by atoms with Crippen molar-refractivity contribution in [1.29, 1.82) is 0 Å². The highest BCUT2D eigenvalue weighted by Gasteiger charge is 1.99. The van der Waals surface area contributed by atoms with E-state index in [0.717, 1.165) is 0 Å². The summed E-state index contributed by atoms with van der Waals surface area (Å²) in [4.78, 5) is 50.5. The smallest absolute Gasteiger partial charge is 0.254 e. The van der Waals surface area contributed by atoms with Crippen molar-refractivity contribution < 1.29 is 39.7 Å². The Hall–Kier alpha value is -2.49. The van der Waals surface area contributed by atoms with Gasteiger partial charge in [0.25, 0.3) is 11.8 Å². The molecule has 0 radical (unpaired) electrons. The van der Waals surface area contributed by atoms with Gasteiger partial charge in [0.05, 0.1) is 0 Å². The van der Waals surface area contributed by atoms with Crippen LogP contribution in [0.3, 0.4) is 0 Å².